The summed E-state index contributed by atoms with van der Waals surface area (Å²) in [5, 5.41) is 1.99. The molecule has 0 N–H and O–H groups in total. The van der Waals surface area contributed by atoms with Crippen LogP contribution in [0.2, 0.25) is 0 Å². The van der Waals surface area contributed by atoms with Crippen molar-refractivity contribution in [3.05, 3.63) is 40.3 Å². The lowest BCUT2D eigenvalue weighted by Gasteiger charge is -2.25. The fourth-order valence-electron chi connectivity index (χ4n) is 3.97. The van der Waals surface area contributed by atoms with Crippen molar-refractivity contribution in [1.82, 2.24) is 13.8 Å². The van der Waals surface area contributed by atoms with Gasteiger partial charge in [-0.1, -0.05) is 6.07 Å². The molecule has 158 valence electrons. The van der Waals surface area contributed by atoms with Crippen LogP contribution in [-0.4, -0.2) is 60.4 Å². The van der Waals surface area contributed by atoms with Crippen LogP contribution in [0.4, 0.5) is 0 Å². The Balaban J connectivity index is 1.58. The Kier molecular flexibility index (Phi) is 6.10. The third-order valence-electron chi connectivity index (χ3n) is 5.56. The van der Waals surface area contributed by atoms with Crippen molar-refractivity contribution in [2.45, 2.75) is 43.2 Å². The molecule has 7 nitrogen and oxygen atoms in total. The summed E-state index contributed by atoms with van der Waals surface area (Å²) < 4.78 is 34.7. The van der Waals surface area contributed by atoms with Gasteiger partial charge in [0.1, 0.15) is 10.6 Å². The zero-order valence-electron chi connectivity index (χ0n) is 16.6. The highest BCUT2D eigenvalue weighted by Crippen LogP contribution is 2.24. The molecule has 0 radical (unpaired) electrons. The molecular formula is C20H27N3O4S2. The minimum atomic E-state index is -3.55. The van der Waals surface area contributed by atoms with Gasteiger partial charge in [-0.05, 0) is 43.2 Å². The van der Waals surface area contributed by atoms with Crippen molar-refractivity contribution in [2.24, 2.45) is 7.05 Å². The van der Waals surface area contributed by atoms with E-state index in [1.807, 2.05) is 17.5 Å². The van der Waals surface area contributed by atoms with E-state index in [9.17, 15) is 13.2 Å². The van der Waals surface area contributed by atoms with Crippen LogP contribution in [0.5, 0.6) is 0 Å². The quantitative estimate of drug-likeness (QED) is 0.668. The van der Waals surface area contributed by atoms with Crippen LogP contribution in [0.3, 0.4) is 0 Å². The lowest BCUT2D eigenvalue weighted by Crippen LogP contribution is -2.37. The van der Waals surface area contributed by atoms with Crippen LogP contribution in [0, 0.1) is 0 Å². The van der Waals surface area contributed by atoms with E-state index >= 15 is 0 Å². The molecule has 1 atom stereocenters. The summed E-state index contributed by atoms with van der Waals surface area (Å²) >= 11 is 1.61. The molecule has 0 saturated carbocycles. The number of hydrogen-bond donors (Lipinski definition) is 0. The number of carbonyl (C=O) groups excluding carboxylic acids is 1. The van der Waals surface area contributed by atoms with Crippen LogP contribution >= 0.6 is 11.3 Å². The van der Waals surface area contributed by atoms with E-state index in [0.717, 1.165) is 37.2 Å². The van der Waals surface area contributed by atoms with Gasteiger partial charge in [0.05, 0.1) is 12.6 Å². The number of amides is 1. The molecule has 2 fully saturated rings. The maximum absolute atomic E-state index is 13.4. The molecule has 0 aromatic carbocycles. The largest absolute Gasteiger partial charge is 0.376 e. The predicted molar refractivity (Wildman–Crippen MR) is 111 cm³/mol. The zero-order valence-corrected chi connectivity index (χ0v) is 18.3. The Morgan fingerprint density at radius 3 is 2.76 bits per heavy atom. The highest BCUT2D eigenvalue weighted by Gasteiger charge is 2.31. The summed E-state index contributed by atoms with van der Waals surface area (Å²) in [5.41, 5.74) is 0.386. The number of aryl methyl sites for hydroxylation is 1. The lowest BCUT2D eigenvalue weighted by atomic mass is 10.2. The van der Waals surface area contributed by atoms with Gasteiger partial charge >= 0.3 is 0 Å². The van der Waals surface area contributed by atoms with Crippen molar-refractivity contribution in [1.29, 1.82) is 0 Å². The maximum Gasteiger partial charge on any atom is 0.270 e. The van der Waals surface area contributed by atoms with Gasteiger partial charge in [0.15, 0.2) is 0 Å². The molecular weight excluding hydrogens is 410 g/mol. The van der Waals surface area contributed by atoms with Crippen molar-refractivity contribution in [3.8, 4) is 0 Å². The van der Waals surface area contributed by atoms with Crippen molar-refractivity contribution in [2.75, 3.05) is 26.2 Å². The van der Waals surface area contributed by atoms with E-state index in [0.29, 0.717) is 31.9 Å². The second-order valence-corrected chi connectivity index (χ2v) is 10.7. The number of rotatable bonds is 7. The van der Waals surface area contributed by atoms with Crippen molar-refractivity contribution < 1.29 is 17.9 Å². The molecule has 0 bridgehead atoms. The first-order chi connectivity index (χ1) is 13.9. The molecule has 2 aromatic heterocycles. The minimum Gasteiger partial charge on any atom is -0.376 e. The highest BCUT2D eigenvalue weighted by molar-refractivity contribution is 7.89. The third kappa shape index (κ3) is 4.42. The molecule has 4 rings (SSSR count). The lowest BCUT2D eigenvalue weighted by molar-refractivity contribution is 0.0502. The summed E-state index contributed by atoms with van der Waals surface area (Å²) in [6.07, 6.45) is 5.30. The second-order valence-electron chi connectivity index (χ2n) is 7.68. The summed E-state index contributed by atoms with van der Waals surface area (Å²) in [4.78, 5) is 16.5. The predicted octanol–water partition coefficient (Wildman–Crippen LogP) is 2.69. The molecule has 1 amide bonds. The Labute approximate surface area is 175 Å². The molecule has 9 heteroatoms. The molecule has 0 spiro atoms. The Morgan fingerprint density at radius 1 is 1.31 bits per heavy atom. The molecule has 2 aliphatic heterocycles. The number of carbonyl (C=O) groups is 1. The van der Waals surface area contributed by atoms with E-state index in [1.54, 1.807) is 34.0 Å². The summed E-state index contributed by atoms with van der Waals surface area (Å²) in [5.74, 6) is -0.167. The molecule has 2 aliphatic rings. The van der Waals surface area contributed by atoms with E-state index < -0.39 is 10.0 Å². The number of sulfonamides is 1. The van der Waals surface area contributed by atoms with Crippen LogP contribution in [0.15, 0.2) is 34.7 Å². The normalized spacial score (nSPS) is 20.4. The van der Waals surface area contributed by atoms with Crippen LogP contribution in [0.1, 0.15) is 41.0 Å². The average Bonchev–Trinajstić information content (AvgIpc) is 3.47. The first-order valence-electron chi connectivity index (χ1n) is 10.0. The Bertz CT molecular complexity index is 941. The molecule has 0 aliphatic carbocycles. The smallest absolute Gasteiger partial charge is 0.270 e. The zero-order chi connectivity index (χ0) is 20.4. The van der Waals surface area contributed by atoms with Crippen LogP contribution in [-0.2, 0) is 28.4 Å². The summed E-state index contributed by atoms with van der Waals surface area (Å²) in [6.45, 7) is 2.83. The summed E-state index contributed by atoms with van der Waals surface area (Å²) in [6, 6.07) is 5.50. The molecule has 2 aromatic rings. The van der Waals surface area contributed by atoms with Gasteiger partial charge in [-0.25, -0.2) is 8.42 Å². The van der Waals surface area contributed by atoms with Gasteiger partial charge in [-0.2, -0.15) is 4.31 Å². The first kappa shape index (κ1) is 20.6. The molecule has 2 saturated heterocycles. The van der Waals surface area contributed by atoms with Gasteiger partial charge in [0, 0.05) is 44.4 Å². The van der Waals surface area contributed by atoms with E-state index in [1.165, 1.54) is 10.4 Å². The number of thiophene rings is 1. The minimum absolute atomic E-state index is 0.0342. The fourth-order valence-corrected chi connectivity index (χ4v) is 6.28. The van der Waals surface area contributed by atoms with Gasteiger partial charge in [-0.3, -0.25) is 4.79 Å². The van der Waals surface area contributed by atoms with Gasteiger partial charge in [-0.15, -0.1) is 11.3 Å². The van der Waals surface area contributed by atoms with E-state index in [4.69, 9.17) is 4.74 Å². The van der Waals surface area contributed by atoms with E-state index in [-0.39, 0.29) is 16.9 Å². The Hall–Kier alpha value is -1.68. The number of hydrogen-bond acceptors (Lipinski definition) is 5. The average molecular weight is 438 g/mol. The van der Waals surface area contributed by atoms with E-state index in [2.05, 4.69) is 0 Å². The topological polar surface area (TPSA) is 71.9 Å². The van der Waals surface area contributed by atoms with Crippen LogP contribution < -0.4 is 0 Å². The fraction of sp³-hybridized carbons (Fsp3) is 0.550. The second kappa shape index (κ2) is 8.59. The van der Waals surface area contributed by atoms with Gasteiger partial charge < -0.3 is 14.2 Å². The van der Waals surface area contributed by atoms with Gasteiger partial charge in [0.2, 0.25) is 10.0 Å². The first-order valence-corrected chi connectivity index (χ1v) is 12.4. The SMILES string of the molecule is Cn1cc(S(=O)(=O)N2CCCC2)cc1C(=O)N(Cc1cccs1)CC1CCCO1. The van der Waals surface area contributed by atoms with Crippen molar-refractivity contribution in [3.63, 3.8) is 0 Å². The van der Waals surface area contributed by atoms with Crippen LogP contribution in [0.25, 0.3) is 0 Å². The van der Waals surface area contributed by atoms with Crippen molar-refractivity contribution >= 4 is 27.3 Å². The molecule has 29 heavy (non-hydrogen) atoms. The van der Waals surface area contributed by atoms with Gasteiger partial charge in [0.25, 0.3) is 5.91 Å². The Morgan fingerprint density at radius 2 is 2.10 bits per heavy atom. The number of aromatic nitrogens is 1. The third-order valence-corrected chi connectivity index (χ3v) is 8.29. The maximum atomic E-state index is 13.4. The number of ether oxygens (including phenoxy) is 1. The monoisotopic (exact) mass is 437 g/mol. The molecule has 1 unspecified atom stereocenters. The highest BCUT2D eigenvalue weighted by atomic mass is 32.2. The standard InChI is InChI=1S/C20H27N3O4S2/c1-21-15-18(29(25,26)23-8-2-3-9-23)12-19(21)20(24)22(13-16-6-4-10-27-16)14-17-7-5-11-28-17/h5,7,11-12,15-16H,2-4,6,8-10,13-14H2,1H3. The summed E-state index contributed by atoms with van der Waals surface area (Å²) in [7, 11) is -1.82. The molecule has 4 heterocycles. The number of nitrogens with zero attached hydrogens (tertiary/aromatic N) is 3.